The normalized spacial score (nSPS) is 22.4. The highest BCUT2D eigenvalue weighted by atomic mass is 32.2. The van der Waals surface area contributed by atoms with E-state index in [1.165, 1.54) is 6.07 Å². The Morgan fingerprint density at radius 1 is 1.18 bits per heavy atom. The minimum Gasteiger partial charge on any atom is -0.488 e. The molecule has 2 aromatic heterocycles. The van der Waals surface area contributed by atoms with Crippen LogP contribution in [0.3, 0.4) is 0 Å². The van der Waals surface area contributed by atoms with Gasteiger partial charge in [0.25, 0.3) is 5.78 Å². The lowest BCUT2D eigenvalue weighted by Crippen LogP contribution is -2.53. The van der Waals surface area contributed by atoms with Crippen LogP contribution >= 0.6 is 11.8 Å². The van der Waals surface area contributed by atoms with Crippen molar-refractivity contribution < 1.29 is 23.5 Å². The zero-order valence-electron chi connectivity index (χ0n) is 22.2. The first-order valence-corrected chi connectivity index (χ1v) is 14.1. The minimum atomic E-state index is -1.02. The smallest absolute Gasteiger partial charge is 0.327 e. The van der Waals surface area contributed by atoms with E-state index in [1.54, 1.807) is 10.6 Å². The third kappa shape index (κ3) is 5.41. The summed E-state index contributed by atoms with van der Waals surface area (Å²) in [5, 5.41) is 3.73. The first-order chi connectivity index (χ1) is 18.1. The number of aryl methyl sites for hydroxylation is 3. The molecule has 5 rings (SSSR count). The van der Waals surface area contributed by atoms with Crippen LogP contribution in [-0.4, -0.2) is 48.3 Å². The van der Waals surface area contributed by atoms with Crippen LogP contribution in [0.1, 0.15) is 69.3 Å². The monoisotopic (exact) mass is 540 g/mol. The molecule has 0 bridgehead atoms. The van der Waals surface area contributed by atoms with Gasteiger partial charge in [0, 0.05) is 17.8 Å². The maximum atomic E-state index is 14.6. The average Bonchev–Trinajstić information content (AvgIpc) is 3.52. The molecule has 1 aliphatic heterocycles. The zero-order valence-corrected chi connectivity index (χ0v) is 23.0. The maximum Gasteiger partial charge on any atom is 0.327 e. The Morgan fingerprint density at radius 2 is 1.95 bits per heavy atom. The number of carbonyl (C=O) groups is 2. The van der Waals surface area contributed by atoms with Crippen LogP contribution < -0.4 is 4.74 Å². The van der Waals surface area contributed by atoms with E-state index in [9.17, 15) is 14.0 Å². The highest BCUT2D eigenvalue weighted by Gasteiger charge is 2.52. The highest BCUT2D eigenvalue weighted by molar-refractivity contribution is 8.01. The lowest BCUT2D eigenvalue weighted by atomic mass is 9.76. The quantitative estimate of drug-likeness (QED) is 0.284. The molecule has 3 aromatic rings. The minimum absolute atomic E-state index is 0.109. The number of thioether (sulfide) groups is 1. The van der Waals surface area contributed by atoms with Crippen LogP contribution in [-0.2, 0) is 20.7 Å². The number of ether oxygens (including phenoxy) is 2. The van der Waals surface area contributed by atoms with Gasteiger partial charge in [-0.3, -0.25) is 9.59 Å². The molecule has 2 aliphatic rings. The Morgan fingerprint density at radius 3 is 2.63 bits per heavy atom. The summed E-state index contributed by atoms with van der Waals surface area (Å²) in [5.41, 5.74) is 1.58. The van der Waals surface area contributed by atoms with E-state index in [4.69, 9.17) is 9.47 Å². The van der Waals surface area contributed by atoms with Crippen LogP contribution in [0.25, 0.3) is 5.78 Å². The molecular weight excluding hydrogens is 507 g/mol. The molecule has 1 saturated heterocycles. The van der Waals surface area contributed by atoms with Crippen molar-refractivity contribution in [3.63, 3.8) is 0 Å². The van der Waals surface area contributed by atoms with Crippen molar-refractivity contribution in [3.05, 3.63) is 47.0 Å². The Kier molecular flexibility index (Phi) is 7.44. The molecule has 1 aromatic carbocycles. The third-order valence-corrected chi connectivity index (χ3v) is 8.48. The molecule has 38 heavy (non-hydrogen) atoms. The van der Waals surface area contributed by atoms with Crippen molar-refractivity contribution >= 4 is 29.3 Å². The van der Waals surface area contributed by atoms with Crippen molar-refractivity contribution in [1.29, 1.82) is 0 Å². The van der Waals surface area contributed by atoms with Gasteiger partial charge < -0.3 is 9.47 Å². The van der Waals surface area contributed by atoms with Gasteiger partial charge in [-0.05, 0) is 83.1 Å². The van der Waals surface area contributed by atoms with E-state index < -0.39 is 22.6 Å². The number of hydrogen-bond acceptors (Lipinski definition) is 8. The highest BCUT2D eigenvalue weighted by Crippen LogP contribution is 2.45. The molecule has 2 atom stereocenters. The van der Waals surface area contributed by atoms with Crippen LogP contribution in [0.4, 0.5) is 4.39 Å². The molecule has 3 heterocycles. The number of cyclic esters (lactones) is 1. The molecule has 8 nitrogen and oxygen atoms in total. The molecule has 10 heteroatoms. The van der Waals surface area contributed by atoms with Gasteiger partial charge >= 0.3 is 5.97 Å². The fraction of sp³-hybridized carbons (Fsp3) is 0.536. The van der Waals surface area contributed by atoms with Crippen molar-refractivity contribution in [1.82, 2.24) is 19.6 Å². The fourth-order valence-electron chi connectivity index (χ4n) is 5.65. The van der Waals surface area contributed by atoms with Gasteiger partial charge in [-0.15, -0.1) is 5.10 Å². The van der Waals surface area contributed by atoms with Crippen LogP contribution in [0.5, 0.6) is 5.75 Å². The van der Waals surface area contributed by atoms with Crippen molar-refractivity contribution in [2.45, 2.75) is 94.8 Å². The van der Waals surface area contributed by atoms with Crippen LogP contribution in [0, 0.1) is 25.6 Å². The Hall–Kier alpha value is -3.01. The van der Waals surface area contributed by atoms with Gasteiger partial charge in [0.2, 0.25) is 5.16 Å². The second-order valence-corrected chi connectivity index (χ2v) is 11.8. The number of Topliss-reactive ketones (excluding diaryl/α,β-unsaturated/α-hetero) is 1. The summed E-state index contributed by atoms with van der Waals surface area (Å²) >= 11 is 1.02. The lowest BCUT2D eigenvalue weighted by Gasteiger charge is -2.42. The Labute approximate surface area is 225 Å². The number of ketones is 1. The van der Waals surface area contributed by atoms with E-state index >= 15 is 0 Å². The van der Waals surface area contributed by atoms with Crippen LogP contribution in [0.2, 0.25) is 0 Å². The number of nitrogens with zero attached hydrogens (tertiary/aromatic N) is 4. The number of carbonyl (C=O) groups excluding carboxylic acids is 2. The predicted molar refractivity (Wildman–Crippen MR) is 141 cm³/mol. The standard InChI is InChI=1S/C28H33FN4O4S/c1-16(2)36-23-10-9-19(14-21(23)29)11-12-28(20-7-5-6-8-20)15-22(34)24(25(35)37-28)38-27-31-26-30-17(3)13-18(4)33(26)32-27/h9-10,13-14,16,20,24H,5-8,11-12,15H2,1-4H3. The third-order valence-electron chi connectivity index (χ3n) is 7.40. The number of rotatable bonds is 8. The molecule has 1 saturated carbocycles. The summed E-state index contributed by atoms with van der Waals surface area (Å²) in [4.78, 5) is 35.6. The summed E-state index contributed by atoms with van der Waals surface area (Å²) in [6.07, 6.45) is 4.88. The molecule has 2 unspecified atom stereocenters. The number of esters is 1. The Balaban J connectivity index is 1.33. The molecule has 2 fully saturated rings. The van der Waals surface area contributed by atoms with E-state index in [2.05, 4.69) is 15.1 Å². The van der Waals surface area contributed by atoms with E-state index in [0.717, 1.165) is 54.4 Å². The second-order valence-electron chi connectivity index (χ2n) is 10.7. The van der Waals surface area contributed by atoms with Crippen molar-refractivity contribution in [3.8, 4) is 5.75 Å². The van der Waals surface area contributed by atoms with Crippen molar-refractivity contribution in [2.24, 2.45) is 5.92 Å². The van der Waals surface area contributed by atoms with Gasteiger partial charge in [0.1, 0.15) is 5.60 Å². The number of benzene rings is 1. The summed E-state index contributed by atoms with van der Waals surface area (Å²) in [5.74, 6) is -0.389. The topological polar surface area (TPSA) is 95.7 Å². The molecular formula is C28H33FN4O4S. The molecule has 0 N–H and O–H groups in total. The molecule has 0 amide bonds. The molecule has 0 spiro atoms. The lowest BCUT2D eigenvalue weighted by molar-refractivity contribution is -0.177. The first-order valence-electron chi connectivity index (χ1n) is 13.2. The van der Waals surface area contributed by atoms with E-state index in [0.29, 0.717) is 23.8 Å². The maximum absolute atomic E-state index is 14.6. The number of halogens is 1. The predicted octanol–water partition coefficient (Wildman–Crippen LogP) is 5.21. The fourth-order valence-corrected chi connectivity index (χ4v) is 6.49. The van der Waals surface area contributed by atoms with Gasteiger partial charge in [-0.2, -0.15) is 4.98 Å². The molecule has 0 radical (unpaired) electrons. The first kappa shape index (κ1) is 26.6. The summed E-state index contributed by atoms with van der Waals surface area (Å²) in [7, 11) is 0. The van der Waals surface area contributed by atoms with Gasteiger partial charge in [-0.1, -0.05) is 30.7 Å². The van der Waals surface area contributed by atoms with E-state index in [-0.39, 0.29) is 30.0 Å². The second kappa shape index (κ2) is 10.6. The number of fused-ring (bicyclic) bond motifs is 1. The Bertz CT molecular complexity index is 1350. The largest absolute Gasteiger partial charge is 0.488 e. The van der Waals surface area contributed by atoms with Crippen molar-refractivity contribution in [2.75, 3.05) is 0 Å². The summed E-state index contributed by atoms with van der Waals surface area (Å²) in [6.45, 7) is 7.48. The number of aromatic nitrogens is 4. The average molecular weight is 541 g/mol. The molecule has 1 aliphatic carbocycles. The number of hydrogen-bond donors (Lipinski definition) is 0. The zero-order chi connectivity index (χ0) is 27.0. The van der Waals surface area contributed by atoms with Gasteiger partial charge in [0.15, 0.2) is 22.6 Å². The van der Waals surface area contributed by atoms with Crippen LogP contribution in [0.15, 0.2) is 29.4 Å². The van der Waals surface area contributed by atoms with E-state index in [1.807, 2.05) is 39.8 Å². The summed E-state index contributed by atoms with van der Waals surface area (Å²) < 4.78 is 27.9. The summed E-state index contributed by atoms with van der Waals surface area (Å²) in [6, 6.07) is 6.83. The van der Waals surface area contributed by atoms with Gasteiger partial charge in [-0.25, -0.2) is 13.9 Å². The molecule has 202 valence electrons. The SMILES string of the molecule is Cc1cc(C)n2nc(SC3C(=O)CC(CCc4ccc(OC(C)C)c(F)c4)(C4CCCC4)OC3=O)nc2n1. The van der Waals surface area contributed by atoms with Gasteiger partial charge in [0.05, 0.1) is 6.10 Å².